The van der Waals surface area contributed by atoms with Crippen LogP contribution in [0.5, 0.6) is 0 Å². The maximum atomic E-state index is 12.0. The van der Waals surface area contributed by atoms with E-state index in [-0.39, 0.29) is 5.56 Å². The van der Waals surface area contributed by atoms with E-state index in [1.165, 1.54) is 0 Å². The van der Waals surface area contributed by atoms with Gasteiger partial charge in [0.05, 0.1) is 5.69 Å². The van der Waals surface area contributed by atoms with E-state index in [0.717, 1.165) is 0 Å². The van der Waals surface area contributed by atoms with Gasteiger partial charge in [-0.25, -0.2) is 4.79 Å². The molecule has 0 spiro atoms. The quantitative estimate of drug-likeness (QED) is 0.745. The van der Waals surface area contributed by atoms with E-state index < -0.39 is 11.5 Å². The van der Waals surface area contributed by atoms with Crippen molar-refractivity contribution < 1.29 is 9.90 Å². The molecule has 0 aliphatic carbocycles. The molecular weight excluding hydrogens is 256 g/mol. The van der Waals surface area contributed by atoms with E-state index in [1.807, 2.05) is 0 Å². The van der Waals surface area contributed by atoms with Crippen molar-refractivity contribution in [1.29, 1.82) is 0 Å². The van der Waals surface area contributed by atoms with Gasteiger partial charge in [-0.3, -0.25) is 9.78 Å². The second-order valence-electron chi connectivity index (χ2n) is 4.27. The monoisotopic (exact) mass is 266 g/mol. The Labute approximate surface area is 113 Å². The topological polar surface area (TPSA) is 83.0 Å². The van der Waals surface area contributed by atoms with E-state index in [9.17, 15) is 14.7 Å². The predicted octanol–water partition coefficient (Wildman–Crippen LogP) is 2.29. The number of fused-ring (bicyclic) bond motifs is 1. The van der Waals surface area contributed by atoms with Gasteiger partial charge in [-0.05, 0) is 18.2 Å². The molecule has 2 aromatic heterocycles. The molecule has 0 aliphatic heterocycles. The molecule has 3 aromatic rings. The molecule has 3 rings (SSSR count). The number of aromatic carboxylic acids is 1. The standard InChI is InChI=1S/C15H10N2O3/c18-14-13(15(19)20)12(11-7-3-4-8-16-11)9-5-1-2-6-10(9)17-14/h1-8H,(H,17,18)(H,19,20). The average molecular weight is 266 g/mol. The molecule has 0 atom stereocenters. The molecular formula is C15H10N2O3. The maximum Gasteiger partial charge on any atom is 0.342 e. The van der Waals surface area contributed by atoms with Crippen LogP contribution in [-0.4, -0.2) is 21.0 Å². The minimum atomic E-state index is -1.27. The Bertz CT molecular complexity index is 854. The molecule has 0 radical (unpaired) electrons. The Morgan fingerprint density at radius 2 is 1.85 bits per heavy atom. The van der Waals surface area contributed by atoms with Crippen LogP contribution in [0, 0.1) is 0 Å². The zero-order valence-electron chi connectivity index (χ0n) is 10.3. The molecule has 0 amide bonds. The van der Waals surface area contributed by atoms with Crippen molar-refractivity contribution in [2.75, 3.05) is 0 Å². The predicted molar refractivity (Wildman–Crippen MR) is 74.8 cm³/mol. The van der Waals surface area contributed by atoms with Crippen LogP contribution < -0.4 is 5.56 Å². The first-order valence-corrected chi connectivity index (χ1v) is 5.98. The number of carbonyl (C=O) groups is 1. The molecule has 0 aliphatic rings. The number of carboxylic acids is 1. The first kappa shape index (κ1) is 12.1. The van der Waals surface area contributed by atoms with Crippen molar-refractivity contribution in [3.8, 4) is 11.3 Å². The smallest absolute Gasteiger partial charge is 0.342 e. The fourth-order valence-electron chi connectivity index (χ4n) is 2.22. The third kappa shape index (κ3) is 1.85. The normalized spacial score (nSPS) is 10.6. The van der Waals surface area contributed by atoms with Gasteiger partial charge in [0.15, 0.2) is 0 Å². The van der Waals surface area contributed by atoms with Gasteiger partial charge in [-0.1, -0.05) is 24.3 Å². The number of H-pyrrole nitrogens is 1. The fraction of sp³-hybridized carbons (Fsp3) is 0. The zero-order valence-corrected chi connectivity index (χ0v) is 10.3. The third-order valence-corrected chi connectivity index (χ3v) is 3.06. The van der Waals surface area contributed by atoms with Gasteiger partial charge in [0.1, 0.15) is 5.56 Å². The van der Waals surface area contributed by atoms with Crippen molar-refractivity contribution >= 4 is 16.9 Å². The number of hydrogen-bond acceptors (Lipinski definition) is 3. The maximum absolute atomic E-state index is 12.0. The van der Waals surface area contributed by atoms with Crippen LogP contribution in [0.1, 0.15) is 10.4 Å². The highest BCUT2D eigenvalue weighted by atomic mass is 16.4. The van der Waals surface area contributed by atoms with Crippen LogP contribution >= 0.6 is 0 Å². The van der Waals surface area contributed by atoms with Gasteiger partial charge in [-0.15, -0.1) is 0 Å². The SMILES string of the molecule is O=C(O)c1c(-c2ccccn2)c2ccccc2[nH]c1=O. The van der Waals surface area contributed by atoms with Crippen molar-refractivity contribution in [3.05, 3.63) is 64.6 Å². The molecule has 0 fully saturated rings. The molecule has 1 aromatic carbocycles. The third-order valence-electron chi connectivity index (χ3n) is 3.06. The first-order chi connectivity index (χ1) is 9.68. The van der Waals surface area contributed by atoms with E-state index in [2.05, 4.69) is 9.97 Å². The molecule has 20 heavy (non-hydrogen) atoms. The van der Waals surface area contributed by atoms with E-state index in [1.54, 1.807) is 48.7 Å². The van der Waals surface area contributed by atoms with Crippen LogP contribution in [0.2, 0.25) is 0 Å². The lowest BCUT2D eigenvalue weighted by atomic mass is 10.00. The number of hydrogen-bond donors (Lipinski definition) is 2. The van der Waals surface area contributed by atoms with Crippen LogP contribution in [0.4, 0.5) is 0 Å². The van der Waals surface area contributed by atoms with Crippen LogP contribution in [0.3, 0.4) is 0 Å². The average Bonchev–Trinajstić information content (AvgIpc) is 2.46. The van der Waals surface area contributed by atoms with Crippen LogP contribution in [0.25, 0.3) is 22.2 Å². The number of rotatable bonds is 2. The van der Waals surface area contributed by atoms with Gasteiger partial charge in [0.25, 0.3) is 5.56 Å². The molecule has 5 heteroatoms. The summed E-state index contributed by atoms with van der Waals surface area (Å²) in [5.74, 6) is -1.27. The molecule has 0 saturated carbocycles. The first-order valence-electron chi connectivity index (χ1n) is 5.98. The summed E-state index contributed by atoms with van der Waals surface area (Å²) in [5, 5.41) is 9.98. The largest absolute Gasteiger partial charge is 0.477 e. The second-order valence-corrected chi connectivity index (χ2v) is 4.27. The van der Waals surface area contributed by atoms with Gasteiger partial charge in [0, 0.05) is 22.7 Å². The van der Waals surface area contributed by atoms with Crippen LogP contribution in [0.15, 0.2) is 53.5 Å². The zero-order chi connectivity index (χ0) is 14.1. The summed E-state index contributed by atoms with van der Waals surface area (Å²) in [7, 11) is 0. The molecule has 98 valence electrons. The van der Waals surface area contributed by atoms with Gasteiger partial charge in [0.2, 0.25) is 0 Å². The van der Waals surface area contributed by atoms with Crippen molar-refractivity contribution in [3.63, 3.8) is 0 Å². The minimum Gasteiger partial charge on any atom is -0.477 e. The number of para-hydroxylation sites is 1. The molecule has 0 unspecified atom stereocenters. The summed E-state index contributed by atoms with van der Waals surface area (Å²) in [6.45, 7) is 0. The number of aromatic amines is 1. The molecule has 0 saturated heterocycles. The number of nitrogens with one attached hydrogen (secondary N) is 1. The highest BCUT2D eigenvalue weighted by Crippen LogP contribution is 2.27. The molecule has 0 bridgehead atoms. The summed E-state index contributed by atoms with van der Waals surface area (Å²) in [5.41, 5.74) is 0.479. The number of benzene rings is 1. The molecule has 5 nitrogen and oxygen atoms in total. The minimum absolute atomic E-state index is 0.289. The Balaban J connectivity index is 2.52. The van der Waals surface area contributed by atoms with Gasteiger partial charge in [-0.2, -0.15) is 0 Å². The summed E-state index contributed by atoms with van der Waals surface area (Å²) < 4.78 is 0. The Kier molecular flexibility index (Phi) is 2.80. The van der Waals surface area contributed by atoms with Crippen molar-refractivity contribution in [1.82, 2.24) is 9.97 Å². The number of aromatic nitrogens is 2. The highest BCUT2D eigenvalue weighted by Gasteiger charge is 2.20. The summed E-state index contributed by atoms with van der Waals surface area (Å²) in [6, 6.07) is 12.2. The van der Waals surface area contributed by atoms with E-state index in [0.29, 0.717) is 22.2 Å². The van der Waals surface area contributed by atoms with Gasteiger partial charge < -0.3 is 10.1 Å². The lowest BCUT2D eigenvalue weighted by Gasteiger charge is -2.09. The van der Waals surface area contributed by atoms with Gasteiger partial charge >= 0.3 is 5.97 Å². The van der Waals surface area contributed by atoms with Crippen molar-refractivity contribution in [2.24, 2.45) is 0 Å². The Hall–Kier alpha value is -2.95. The number of pyridine rings is 2. The highest BCUT2D eigenvalue weighted by molar-refractivity contribution is 6.05. The van der Waals surface area contributed by atoms with E-state index in [4.69, 9.17) is 0 Å². The number of nitrogens with zero attached hydrogens (tertiary/aromatic N) is 1. The Morgan fingerprint density at radius 1 is 1.10 bits per heavy atom. The van der Waals surface area contributed by atoms with Crippen LogP contribution in [-0.2, 0) is 0 Å². The second kappa shape index (κ2) is 4.62. The molecule has 2 heterocycles. The number of carboxylic acid groups (broad SMARTS) is 1. The summed E-state index contributed by atoms with van der Waals surface area (Å²) in [4.78, 5) is 30.2. The summed E-state index contributed by atoms with van der Waals surface area (Å²) >= 11 is 0. The van der Waals surface area contributed by atoms with E-state index >= 15 is 0 Å². The lowest BCUT2D eigenvalue weighted by molar-refractivity contribution is 0.0696. The fourth-order valence-corrected chi connectivity index (χ4v) is 2.22. The summed E-state index contributed by atoms with van der Waals surface area (Å²) in [6.07, 6.45) is 1.57. The van der Waals surface area contributed by atoms with Crippen molar-refractivity contribution in [2.45, 2.75) is 0 Å². The lowest BCUT2D eigenvalue weighted by Crippen LogP contribution is -2.19. The molecule has 2 N–H and O–H groups in total. The Morgan fingerprint density at radius 3 is 2.55 bits per heavy atom.